The summed E-state index contributed by atoms with van der Waals surface area (Å²) in [6.45, 7) is 2.72. The highest BCUT2D eigenvalue weighted by Crippen LogP contribution is 2.40. The van der Waals surface area contributed by atoms with Crippen LogP contribution in [0.1, 0.15) is 46.1 Å². The summed E-state index contributed by atoms with van der Waals surface area (Å²) >= 11 is 0. The Morgan fingerprint density at radius 2 is 1.73 bits per heavy atom. The Kier molecular flexibility index (Phi) is 8.83. The van der Waals surface area contributed by atoms with Gasteiger partial charge in [-0.25, -0.2) is 13.6 Å². The fourth-order valence-electron chi connectivity index (χ4n) is 5.25. The summed E-state index contributed by atoms with van der Waals surface area (Å²) in [4.78, 5) is 50.6. The second-order valence-corrected chi connectivity index (χ2v) is 10.1. The predicted octanol–water partition coefficient (Wildman–Crippen LogP) is 5.14. The van der Waals surface area contributed by atoms with Crippen LogP contribution in [0.5, 0.6) is 11.5 Å². The number of rotatable bonds is 9. The van der Waals surface area contributed by atoms with Gasteiger partial charge >= 0.3 is 6.16 Å². The molecule has 0 spiro atoms. The largest absolute Gasteiger partial charge is 0.516 e. The fraction of sp³-hybridized carbons (Fsp3) is 0.226. The van der Waals surface area contributed by atoms with Gasteiger partial charge in [-0.1, -0.05) is 24.3 Å². The summed E-state index contributed by atoms with van der Waals surface area (Å²) in [5, 5.41) is 15.2. The standard InChI is InChI=1S/C31H26F2N4O8/c1-3-35-16-24(27(19-6-4-8-21(32)13-19)20-7-5-9-22(33)14-20)36-28(30(35)39)29(25(38)15-34-36)43-17-44-31(40)45-26-11-10-23(37(41)42)12-18(26)2/h4-15,24,27H,3,16-17H2,1-2H3/t24-/m1/s1. The Morgan fingerprint density at radius 3 is 2.31 bits per heavy atom. The third-order valence-corrected chi connectivity index (χ3v) is 7.30. The Balaban J connectivity index is 1.46. The molecule has 1 aliphatic heterocycles. The molecule has 4 aromatic rings. The number of aryl methyl sites for hydroxylation is 1. The Bertz CT molecular complexity index is 1800. The van der Waals surface area contributed by atoms with E-state index >= 15 is 0 Å². The summed E-state index contributed by atoms with van der Waals surface area (Å²) in [6.07, 6.45) is -0.292. The van der Waals surface area contributed by atoms with Gasteiger partial charge in [0.05, 0.1) is 17.2 Å². The summed E-state index contributed by atoms with van der Waals surface area (Å²) in [5.74, 6) is -2.78. The second-order valence-electron chi connectivity index (χ2n) is 10.1. The molecule has 0 radical (unpaired) electrons. The van der Waals surface area contributed by atoms with Crippen molar-refractivity contribution >= 4 is 17.7 Å². The van der Waals surface area contributed by atoms with E-state index in [1.54, 1.807) is 19.1 Å². The number of halogens is 2. The zero-order valence-electron chi connectivity index (χ0n) is 24.0. The normalized spacial score (nSPS) is 14.2. The van der Waals surface area contributed by atoms with Gasteiger partial charge in [0.2, 0.25) is 18.0 Å². The van der Waals surface area contributed by atoms with E-state index in [1.165, 1.54) is 65.0 Å². The lowest BCUT2D eigenvalue weighted by Gasteiger charge is -2.39. The molecule has 45 heavy (non-hydrogen) atoms. The van der Waals surface area contributed by atoms with Gasteiger partial charge in [-0.3, -0.25) is 24.4 Å². The third-order valence-electron chi connectivity index (χ3n) is 7.30. The number of nitro groups is 1. The van der Waals surface area contributed by atoms with Gasteiger partial charge in [0, 0.05) is 31.1 Å². The number of carbonyl (C=O) groups excluding carboxylic acids is 2. The molecule has 0 aliphatic carbocycles. The van der Waals surface area contributed by atoms with Crippen molar-refractivity contribution < 1.29 is 37.5 Å². The van der Waals surface area contributed by atoms with Crippen molar-refractivity contribution in [3.8, 4) is 11.5 Å². The number of hydrogen-bond acceptors (Lipinski definition) is 9. The molecule has 0 N–H and O–H groups in total. The lowest BCUT2D eigenvalue weighted by molar-refractivity contribution is -0.384. The predicted molar refractivity (Wildman–Crippen MR) is 154 cm³/mol. The van der Waals surface area contributed by atoms with E-state index in [0.717, 1.165) is 12.3 Å². The van der Waals surface area contributed by atoms with Crippen LogP contribution >= 0.6 is 0 Å². The molecule has 0 fully saturated rings. The van der Waals surface area contributed by atoms with Crippen molar-refractivity contribution in [2.45, 2.75) is 25.8 Å². The molecule has 5 rings (SSSR count). The van der Waals surface area contributed by atoms with Crippen molar-refractivity contribution in [3.05, 3.63) is 127 Å². The van der Waals surface area contributed by atoms with Crippen LogP contribution in [-0.4, -0.2) is 51.5 Å². The number of fused-ring (bicyclic) bond motifs is 1. The highest BCUT2D eigenvalue weighted by Gasteiger charge is 2.40. The van der Waals surface area contributed by atoms with Crippen molar-refractivity contribution in [1.29, 1.82) is 0 Å². The summed E-state index contributed by atoms with van der Waals surface area (Å²) < 4.78 is 45.7. The number of nitro benzene ring substituents is 1. The number of hydrogen-bond donors (Lipinski definition) is 0. The third kappa shape index (κ3) is 6.49. The zero-order valence-corrected chi connectivity index (χ0v) is 24.0. The number of likely N-dealkylation sites (N-methyl/N-ethyl adjacent to an activating group) is 1. The number of non-ortho nitro benzene ring substituents is 1. The topological polar surface area (TPSA) is 143 Å². The molecule has 2 heterocycles. The van der Waals surface area contributed by atoms with Crippen LogP contribution in [-0.2, 0) is 4.74 Å². The van der Waals surface area contributed by atoms with Crippen molar-refractivity contribution in [2.75, 3.05) is 19.9 Å². The van der Waals surface area contributed by atoms with Gasteiger partial charge in [-0.2, -0.15) is 5.10 Å². The van der Waals surface area contributed by atoms with Crippen LogP contribution in [0.25, 0.3) is 0 Å². The number of ether oxygens (including phenoxy) is 3. The first-order valence-electron chi connectivity index (χ1n) is 13.7. The minimum Gasteiger partial charge on any atom is -0.451 e. The van der Waals surface area contributed by atoms with E-state index in [0.29, 0.717) is 16.7 Å². The number of nitrogens with zero attached hydrogens (tertiary/aromatic N) is 4. The molecular weight excluding hydrogens is 594 g/mol. The van der Waals surface area contributed by atoms with Gasteiger partial charge in [0.25, 0.3) is 11.6 Å². The summed E-state index contributed by atoms with van der Waals surface area (Å²) in [6, 6.07) is 14.4. The quantitative estimate of drug-likeness (QED) is 0.0817. The van der Waals surface area contributed by atoms with E-state index in [2.05, 4.69) is 5.10 Å². The van der Waals surface area contributed by atoms with Crippen LogP contribution < -0.4 is 14.9 Å². The lowest BCUT2D eigenvalue weighted by atomic mass is 9.83. The van der Waals surface area contributed by atoms with E-state index in [1.807, 2.05) is 0 Å². The number of carbonyl (C=O) groups is 2. The van der Waals surface area contributed by atoms with Gasteiger partial charge in [-0.15, -0.1) is 0 Å². The smallest absolute Gasteiger partial charge is 0.451 e. The maximum Gasteiger partial charge on any atom is 0.516 e. The maximum absolute atomic E-state index is 14.4. The molecule has 1 aromatic heterocycles. The molecule has 0 unspecified atom stereocenters. The molecule has 1 atom stereocenters. The van der Waals surface area contributed by atoms with E-state index in [9.17, 15) is 33.3 Å². The minimum atomic E-state index is -1.23. The highest BCUT2D eigenvalue weighted by atomic mass is 19.1. The minimum absolute atomic E-state index is 0.00399. The average molecular weight is 621 g/mol. The SMILES string of the molecule is CCN1C[C@H](C(c2cccc(F)c2)c2cccc(F)c2)n2ncc(=O)c(OCOC(=O)Oc3ccc([N+](=O)[O-])cc3C)c2C1=O. The van der Waals surface area contributed by atoms with Crippen LogP contribution in [0.3, 0.4) is 0 Å². The Hall–Kier alpha value is -5.66. The summed E-state index contributed by atoms with van der Waals surface area (Å²) in [5.41, 5.74) is 0.0609. The molecule has 0 saturated carbocycles. The van der Waals surface area contributed by atoms with Crippen LogP contribution in [0.2, 0.25) is 0 Å². The van der Waals surface area contributed by atoms with Crippen molar-refractivity contribution in [2.24, 2.45) is 0 Å². The van der Waals surface area contributed by atoms with Crippen molar-refractivity contribution in [1.82, 2.24) is 14.7 Å². The van der Waals surface area contributed by atoms with E-state index in [4.69, 9.17) is 14.2 Å². The second kappa shape index (κ2) is 12.9. The van der Waals surface area contributed by atoms with Crippen LogP contribution in [0, 0.1) is 28.7 Å². The first-order valence-corrected chi connectivity index (χ1v) is 13.7. The molecular formula is C31H26F2N4O8. The van der Waals surface area contributed by atoms with E-state index < -0.39 is 58.6 Å². The number of amides is 1. The fourth-order valence-corrected chi connectivity index (χ4v) is 5.25. The molecule has 1 aliphatic rings. The average Bonchev–Trinajstić information content (AvgIpc) is 3.00. The first-order chi connectivity index (χ1) is 21.6. The molecule has 0 bridgehead atoms. The Labute approximate surface area is 254 Å². The lowest BCUT2D eigenvalue weighted by Crippen LogP contribution is -2.47. The molecule has 3 aromatic carbocycles. The van der Waals surface area contributed by atoms with Gasteiger partial charge in [-0.05, 0) is 60.9 Å². The first kappa shape index (κ1) is 30.8. The number of aromatic nitrogens is 2. The van der Waals surface area contributed by atoms with Gasteiger partial charge in [0.1, 0.15) is 17.4 Å². The Morgan fingerprint density at radius 1 is 1.07 bits per heavy atom. The molecule has 12 nitrogen and oxygen atoms in total. The molecule has 0 saturated heterocycles. The van der Waals surface area contributed by atoms with Gasteiger partial charge < -0.3 is 19.1 Å². The van der Waals surface area contributed by atoms with Crippen LogP contribution in [0.4, 0.5) is 19.3 Å². The maximum atomic E-state index is 14.4. The summed E-state index contributed by atoms with van der Waals surface area (Å²) in [7, 11) is 0. The molecule has 1 amide bonds. The van der Waals surface area contributed by atoms with Gasteiger partial charge in [0.15, 0.2) is 5.69 Å². The van der Waals surface area contributed by atoms with Crippen LogP contribution in [0.15, 0.2) is 77.7 Å². The molecule has 14 heteroatoms. The molecule has 232 valence electrons. The number of benzene rings is 3. The zero-order chi connectivity index (χ0) is 32.2. The van der Waals surface area contributed by atoms with E-state index in [-0.39, 0.29) is 30.2 Å². The highest BCUT2D eigenvalue weighted by molar-refractivity contribution is 5.96. The monoisotopic (exact) mass is 620 g/mol. The van der Waals surface area contributed by atoms with Crippen molar-refractivity contribution in [3.63, 3.8) is 0 Å².